The molecule has 1 fully saturated rings. The van der Waals surface area contributed by atoms with Crippen LogP contribution < -0.4 is 0 Å². The van der Waals surface area contributed by atoms with E-state index in [1.165, 1.54) is 0 Å². The zero-order valence-electron chi connectivity index (χ0n) is 24.9. The van der Waals surface area contributed by atoms with E-state index in [-0.39, 0.29) is 68.3 Å². The molecule has 1 aliphatic carbocycles. The third kappa shape index (κ3) is 9.82. The van der Waals surface area contributed by atoms with Gasteiger partial charge in [0.05, 0.1) is 64.1 Å². The first kappa shape index (κ1) is 36.6. The molecule has 0 amide bonds. The van der Waals surface area contributed by atoms with Crippen molar-refractivity contribution in [1.82, 2.24) is 0 Å². The molecule has 2 atom stereocenters. The summed E-state index contributed by atoms with van der Waals surface area (Å²) in [7, 11) is 30.8. The second-order valence-electron chi connectivity index (χ2n) is 10.7. The molecule has 9 nitrogen and oxygen atoms in total. The number of carbonyl (C=O) groups excluding carboxylic acids is 3. The van der Waals surface area contributed by atoms with Crippen LogP contribution in [-0.4, -0.2) is 103 Å². The maximum absolute atomic E-state index is 13.4. The van der Waals surface area contributed by atoms with E-state index < -0.39 is 58.5 Å². The molecule has 0 heterocycles. The van der Waals surface area contributed by atoms with E-state index in [1.54, 1.807) is 24.3 Å². The third-order valence-corrected chi connectivity index (χ3v) is 8.33. The smallest absolute Gasteiger partial charge is 0.338 e. The van der Waals surface area contributed by atoms with Gasteiger partial charge in [0.1, 0.15) is 24.6 Å². The fourth-order valence-corrected chi connectivity index (χ4v) is 5.73. The first-order valence-electron chi connectivity index (χ1n) is 14.4. The van der Waals surface area contributed by atoms with E-state index in [0.717, 1.165) is 0 Å². The summed E-state index contributed by atoms with van der Waals surface area (Å²) in [6.45, 7) is -0.593. The second kappa shape index (κ2) is 16.6. The number of carbonyl (C=O) groups is 3. The van der Waals surface area contributed by atoms with Gasteiger partial charge in [-0.1, -0.05) is 72.3 Å². The van der Waals surface area contributed by atoms with E-state index in [0.29, 0.717) is 33.4 Å². The average molecular weight is 619 g/mol. The summed E-state index contributed by atoms with van der Waals surface area (Å²) in [6.07, 6.45) is -1.28. The molecule has 2 aromatic rings. The Morgan fingerprint density at radius 1 is 0.689 bits per heavy atom. The van der Waals surface area contributed by atoms with Crippen molar-refractivity contribution in [3.8, 4) is 0 Å². The first-order chi connectivity index (χ1) is 21.4. The largest absolute Gasteiger partial charge is 0.464 e. The van der Waals surface area contributed by atoms with Crippen molar-refractivity contribution < 1.29 is 41.6 Å². The maximum Gasteiger partial charge on any atom is 0.338 e. The van der Waals surface area contributed by atoms with Gasteiger partial charge in [0.2, 0.25) is 0 Å². The Hall–Kier alpha value is -2.85. The molecule has 0 aliphatic heterocycles. The summed E-state index contributed by atoms with van der Waals surface area (Å²) in [6, 6.07) is 6.66. The molecule has 0 aromatic heterocycles. The summed E-state index contributed by atoms with van der Waals surface area (Å²) in [5, 5.41) is 0. The SMILES string of the molecule is [B]Cc1cc(C[B])c(C[B])c(C(=O)OC2CC(OC(=O)c3cc(C[B])cc(C[B])c3C[B])CC(C(=O)OCCS(=O)(=O)O)C2)c1. The molecule has 0 spiro atoms. The minimum atomic E-state index is -4.37. The van der Waals surface area contributed by atoms with Crippen LogP contribution >= 0.6 is 0 Å². The monoisotopic (exact) mass is 620 g/mol. The molecular formula is C29H30B6O9S. The van der Waals surface area contributed by atoms with Crippen molar-refractivity contribution in [3.63, 3.8) is 0 Å². The van der Waals surface area contributed by atoms with Crippen LogP contribution in [-0.2, 0) is 67.0 Å². The van der Waals surface area contributed by atoms with Gasteiger partial charge in [-0.2, -0.15) is 8.42 Å². The quantitative estimate of drug-likeness (QED) is 0.140. The van der Waals surface area contributed by atoms with Crippen molar-refractivity contribution in [1.29, 1.82) is 0 Å². The molecule has 0 saturated heterocycles. The lowest BCUT2D eigenvalue weighted by atomic mass is 9.81. The van der Waals surface area contributed by atoms with E-state index in [2.05, 4.69) is 0 Å². The van der Waals surface area contributed by atoms with Crippen LogP contribution in [0, 0.1) is 5.92 Å². The van der Waals surface area contributed by atoms with Gasteiger partial charge in [-0.3, -0.25) is 9.35 Å². The van der Waals surface area contributed by atoms with Crippen molar-refractivity contribution in [2.45, 2.75) is 69.4 Å². The van der Waals surface area contributed by atoms with Gasteiger partial charge in [-0.25, -0.2) is 9.59 Å². The predicted molar refractivity (Wildman–Crippen MR) is 173 cm³/mol. The van der Waals surface area contributed by atoms with Gasteiger partial charge in [-0.15, -0.1) is 0 Å². The minimum Gasteiger partial charge on any atom is -0.464 e. The molecule has 12 radical (unpaired) electrons. The zero-order chi connectivity index (χ0) is 33.3. The average Bonchev–Trinajstić information content (AvgIpc) is 3.02. The lowest BCUT2D eigenvalue weighted by molar-refractivity contribution is -0.152. The zero-order valence-corrected chi connectivity index (χ0v) is 25.7. The molecule has 1 N–H and O–H groups in total. The number of esters is 3. The van der Waals surface area contributed by atoms with E-state index in [1.807, 2.05) is 0 Å². The molecule has 1 saturated carbocycles. The normalized spacial score (nSPS) is 18.2. The van der Waals surface area contributed by atoms with Gasteiger partial charge in [0.15, 0.2) is 0 Å². The Balaban J connectivity index is 1.90. The molecule has 2 aromatic carbocycles. The van der Waals surface area contributed by atoms with Crippen LogP contribution in [0.2, 0.25) is 0 Å². The van der Waals surface area contributed by atoms with E-state index in [9.17, 15) is 22.8 Å². The molecule has 45 heavy (non-hydrogen) atoms. The number of hydrogen-bond donors (Lipinski definition) is 1. The molecule has 3 rings (SSSR count). The van der Waals surface area contributed by atoms with Crippen LogP contribution in [0.3, 0.4) is 0 Å². The number of rotatable bonds is 14. The maximum atomic E-state index is 13.4. The fraction of sp³-hybridized carbons (Fsp3) is 0.483. The number of ether oxygens (including phenoxy) is 3. The molecule has 224 valence electrons. The van der Waals surface area contributed by atoms with Gasteiger partial charge in [0, 0.05) is 6.42 Å². The Morgan fingerprint density at radius 2 is 1.13 bits per heavy atom. The molecule has 1 aliphatic rings. The molecule has 16 heteroatoms. The fourth-order valence-electron chi connectivity index (χ4n) is 5.44. The van der Waals surface area contributed by atoms with Crippen molar-refractivity contribution >= 4 is 75.1 Å². The Kier molecular flexibility index (Phi) is 13.5. The van der Waals surface area contributed by atoms with Crippen LogP contribution in [0.4, 0.5) is 0 Å². The Labute approximate surface area is 272 Å². The van der Waals surface area contributed by atoms with Crippen molar-refractivity contribution in [2.75, 3.05) is 12.4 Å². The highest BCUT2D eigenvalue weighted by Crippen LogP contribution is 2.32. The third-order valence-electron chi connectivity index (χ3n) is 7.65. The molecule has 0 bridgehead atoms. The summed E-state index contributed by atoms with van der Waals surface area (Å²) in [5.41, 5.74) is 3.88. The highest BCUT2D eigenvalue weighted by Gasteiger charge is 2.38. The summed E-state index contributed by atoms with van der Waals surface area (Å²) in [4.78, 5) is 39.8. The molecule has 2 unspecified atom stereocenters. The summed E-state index contributed by atoms with van der Waals surface area (Å²) >= 11 is 0. The van der Waals surface area contributed by atoms with Gasteiger partial charge in [0.25, 0.3) is 10.1 Å². The Morgan fingerprint density at radius 3 is 1.49 bits per heavy atom. The van der Waals surface area contributed by atoms with Crippen LogP contribution in [0.25, 0.3) is 0 Å². The topological polar surface area (TPSA) is 133 Å². The predicted octanol–water partition coefficient (Wildman–Crippen LogP) is 0.680. The van der Waals surface area contributed by atoms with Gasteiger partial charge < -0.3 is 14.2 Å². The number of benzene rings is 2. The summed E-state index contributed by atoms with van der Waals surface area (Å²) < 4.78 is 47.9. The highest BCUT2D eigenvalue weighted by molar-refractivity contribution is 7.85. The highest BCUT2D eigenvalue weighted by atomic mass is 32.2. The minimum absolute atomic E-state index is 0.00316. The van der Waals surface area contributed by atoms with Gasteiger partial charge >= 0.3 is 17.9 Å². The first-order valence-corrected chi connectivity index (χ1v) is 16.0. The Bertz CT molecular complexity index is 1420. The van der Waals surface area contributed by atoms with Gasteiger partial charge in [-0.05, 0) is 36.1 Å². The second-order valence-corrected chi connectivity index (χ2v) is 12.3. The van der Waals surface area contributed by atoms with E-state index >= 15 is 0 Å². The van der Waals surface area contributed by atoms with Crippen LogP contribution in [0.5, 0.6) is 0 Å². The van der Waals surface area contributed by atoms with Crippen molar-refractivity contribution in [2.24, 2.45) is 5.92 Å². The lowest BCUT2D eigenvalue weighted by Crippen LogP contribution is -2.39. The number of hydrogen-bond acceptors (Lipinski definition) is 8. The summed E-state index contributed by atoms with van der Waals surface area (Å²) in [5.74, 6) is -4.01. The van der Waals surface area contributed by atoms with Crippen LogP contribution in [0.1, 0.15) is 73.4 Å². The van der Waals surface area contributed by atoms with Crippen LogP contribution in [0.15, 0.2) is 24.3 Å². The van der Waals surface area contributed by atoms with Crippen molar-refractivity contribution in [3.05, 3.63) is 68.8 Å². The lowest BCUT2D eigenvalue weighted by Gasteiger charge is -2.33. The van der Waals surface area contributed by atoms with E-state index in [4.69, 9.17) is 65.8 Å². The molecular weight excluding hydrogens is 589 g/mol. The standard InChI is InChI=1S/C29H30B6O9S/c30-10-16-3-19(12-32)25(14-34)23(5-16)28(37)43-21-7-18(27(36)42-1-2-45(39,40)41)8-22(9-21)44-29(38)24-6-17(11-31)4-20(13-33)26(24)15-35/h3-6,18,21-22H,1-2,7-15H2,(H,39,40,41).